The number of aromatic hydroxyl groups is 1. The topological polar surface area (TPSA) is 87.5 Å². The number of halogens is 1. The van der Waals surface area contributed by atoms with E-state index in [4.69, 9.17) is 4.74 Å². The van der Waals surface area contributed by atoms with Crippen molar-refractivity contribution in [2.24, 2.45) is 0 Å². The van der Waals surface area contributed by atoms with Crippen LogP contribution in [0, 0.1) is 5.82 Å². The summed E-state index contributed by atoms with van der Waals surface area (Å²) in [4.78, 5) is 0. The predicted octanol–water partition coefficient (Wildman–Crippen LogP) is 3.80. The lowest BCUT2D eigenvalue weighted by Crippen LogP contribution is -2.31. The third-order valence-electron chi connectivity index (χ3n) is 7.20. The molecule has 1 aromatic heterocycles. The van der Waals surface area contributed by atoms with E-state index in [9.17, 15) is 14.6 Å². The number of nitrogens with one attached hydrogen (secondary N) is 1. The van der Waals surface area contributed by atoms with Crippen LogP contribution in [0.25, 0.3) is 11.3 Å². The lowest BCUT2D eigenvalue weighted by Gasteiger charge is -2.29. The number of aromatic nitrogens is 2. The first kappa shape index (κ1) is 18.5. The molecule has 4 aliphatic rings. The van der Waals surface area contributed by atoms with E-state index in [-0.39, 0.29) is 29.1 Å². The Bertz CT molecular complexity index is 1020. The summed E-state index contributed by atoms with van der Waals surface area (Å²) >= 11 is 0. The molecule has 7 heteroatoms. The van der Waals surface area contributed by atoms with Gasteiger partial charge in [0.25, 0.3) is 0 Å². The molecule has 0 unspecified atom stereocenters. The summed E-state index contributed by atoms with van der Waals surface area (Å²) < 4.78 is 20.9. The van der Waals surface area contributed by atoms with Gasteiger partial charge in [0.2, 0.25) is 0 Å². The first-order valence-corrected chi connectivity index (χ1v) is 11.0. The van der Waals surface area contributed by atoms with Gasteiger partial charge in [-0.25, -0.2) is 4.39 Å². The van der Waals surface area contributed by atoms with Gasteiger partial charge in [0.05, 0.1) is 24.4 Å². The molecular formula is C23H26FN3O3. The Kier molecular flexibility index (Phi) is 4.09. The van der Waals surface area contributed by atoms with Crippen LogP contribution in [0.15, 0.2) is 12.1 Å². The molecule has 6 rings (SSSR count). The number of hydrogen-bond donors (Lipinski definition) is 3. The van der Waals surface area contributed by atoms with Gasteiger partial charge in [-0.1, -0.05) is 0 Å². The van der Waals surface area contributed by atoms with E-state index >= 15 is 0 Å². The molecule has 2 heterocycles. The van der Waals surface area contributed by atoms with Crippen LogP contribution in [0.4, 0.5) is 10.2 Å². The third-order valence-corrected chi connectivity index (χ3v) is 7.20. The molecule has 1 aliphatic heterocycles. The number of aliphatic hydroxyl groups excluding tert-OH is 1. The average Bonchev–Trinajstić information content (AvgIpc) is 3.66. The number of anilines is 1. The van der Waals surface area contributed by atoms with E-state index in [1.165, 1.54) is 6.07 Å². The minimum Gasteiger partial charge on any atom is -0.507 e. The third kappa shape index (κ3) is 3.06. The van der Waals surface area contributed by atoms with Gasteiger partial charge in [-0.15, -0.1) is 10.2 Å². The van der Waals surface area contributed by atoms with Gasteiger partial charge < -0.3 is 20.3 Å². The molecule has 3 aliphatic carbocycles. The molecule has 158 valence electrons. The minimum atomic E-state index is -0.394. The molecule has 1 aromatic carbocycles. The highest BCUT2D eigenvalue weighted by Crippen LogP contribution is 2.50. The van der Waals surface area contributed by atoms with Gasteiger partial charge in [0, 0.05) is 17.5 Å². The van der Waals surface area contributed by atoms with Gasteiger partial charge in [-0.05, 0) is 74.1 Å². The quantitative estimate of drug-likeness (QED) is 0.709. The van der Waals surface area contributed by atoms with Crippen molar-refractivity contribution in [3.05, 3.63) is 34.6 Å². The predicted molar refractivity (Wildman–Crippen MR) is 109 cm³/mol. The average molecular weight is 411 g/mol. The molecular weight excluding hydrogens is 385 g/mol. The summed E-state index contributed by atoms with van der Waals surface area (Å²) in [6.45, 7) is 0.409. The number of phenolic OH excluding ortho intramolecular Hbond substituents is 1. The van der Waals surface area contributed by atoms with Crippen LogP contribution in [0.2, 0.25) is 0 Å². The minimum absolute atomic E-state index is 0.0465. The van der Waals surface area contributed by atoms with Crippen LogP contribution in [-0.2, 0) is 17.8 Å². The van der Waals surface area contributed by atoms with E-state index in [1.807, 2.05) is 0 Å². The van der Waals surface area contributed by atoms with Gasteiger partial charge in [-0.2, -0.15) is 0 Å². The molecule has 0 amide bonds. The van der Waals surface area contributed by atoms with Crippen molar-refractivity contribution in [2.75, 3.05) is 5.32 Å². The Labute approximate surface area is 174 Å². The highest BCUT2D eigenvalue weighted by Gasteiger charge is 2.48. The SMILES string of the molecule is Oc1cc(C2CC2)c(F)cc1-c1nnc(N[C@@H]2CCC[C@H]2O)c2c1CC1(CC1)OC2. The van der Waals surface area contributed by atoms with Crippen LogP contribution in [0.5, 0.6) is 5.75 Å². The van der Waals surface area contributed by atoms with Crippen LogP contribution in [0.1, 0.15) is 67.6 Å². The molecule has 2 atom stereocenters. The molecule has 6 nitrogen and oxygen atoms in total. The number of nitrogens with zero attached hydrogens (tertiary/aromatic N) is 2. The summed E-state index contributed by atoms with van der Waals surface area (Å²) in [5.74, 6) is 0.616. The van der Waals surface area contributed by atoms with Crippen molar-refractivity contribution in [3.63, 3.8) is 0 Å². The zero-order chi connectivity index (χ0) is 20.5. The molecule has 30 heavy (non-hydrogen) atoms. The maximum absolute atomic E-state index is 14.8. The molecule has 3 N–H and O–H groups in total. The number of ether oxygens (including phenoxy) is 1. The molecule has 2 aromatic rings. The molecule has 0 saturated heterocycles. The number of fused-ring (bicyclic) bond motifs is 1. The van der Waals surface area contributed by atoms with Gasteiger partial charge >= 0.3 is 0 Å². The smallest absolute Gasteiger partial charge is 0.154 e. The van der Waals surface area contributed by atoms with Crippen molar-refractivity contribution in [3.8, 4) is 17.0 Å². The number of aliphatic hydroxyl groups is 1. The Morgan fingerprint density at radius 1 is 1.10 bits per heavy atom. The van der Waals surface area contributed by atoms with Crippen molar-refractivity contribution in [2.45, 2.75) is 81.6 Å². The van der Waals surface area contributed by atoms with Gasteiger partial charge in [0.1, 0.15) is 17.3 Å². The lowest BCUT2D eigenvalue weighted by molar-refractivity contribution is 0.00828. The lowest BCUT2D eigenvalue weighted by atomic mass is 9.92. The Balaban J connectivity index is 1.43. The van der Waals surface area contributed by atoms with E-state index in [2.05, 4.69) is 15.5 Å². The van der Waals surface area contributed by atoms with Crippen molar-refractivity contribution in [1.82, 2.24) is 10.2 Å². The van der Waals surface area contributed by atoms with Crippen LogP contribution in [-0.4, -0.2) is 38.2 Å². The Hall–Kier alpha value is -2.25. The summed E-state index contributed by atoms with van der Waals surface area (Å²) in [6, 6.07) is 2.93. The fraction of sp³-hybridized carbons (Fsp3) is 0.565. The zero-order valence-corrected chi connectivity index (χ0v) is 16.8. The highest BCUT2D eigenvalue weighted by molar-refractivity contribution is 5.73. The Morgan fingerprint density at radius 3 is 2.63 bits per heavy atom. The first-order chi connectivity index (χ1) is 14.5. The second-order valence-corrected chi connectivity index (χ2v) is 9.42. The largest absolute Gasteiger partial charge is 0.507 e. The summed E-state index contributed by atoms with van der Waals surface area (Å²) in [5.41, 5.74) is 3.24. The standard InChI is InChI=1S/C23H26FN3O3/c24-17-8-14(20(29)9-13(17)12-4-5-12)21-15-10-23(6-7-23)30-11-16(15)22(27-26-21)25-18-2-1-3-19(18)28/h8-9,12,18-19,28-29H,1-7,10-11H2,(H,25,27)/t18-,19-/m1/s1. The van der Waals surface area contributed by atoms with E-state index in [0.29, 0.717) is 35.7 Å². The summed E-state index contributed by atoms with van der Waals surface area (Å²) in [5, 5.41) is 33.1. The zero-order valence-electron chi connectivity index (χ0n) is 16.8. The maximum Gasteiger partial charge on any atom is 0.154 e. The van der Waals surface area contributed by atoms with E-state index in [0.717, 1.165) is 56.1 Å². The Morgan fingerprint density at radius 2 is 1.93 bits per heavy atom. The monoisotopic (exact) mass is 411 g/mol. The van der Waals surface area contributed by atoms with Gasteiger partial charge in [-0.3, -0.25) is 0 Å². The van der Waals surface area contributed by atoms with Crippen molar-refractivity contribution < 1.29 is 19.3 Å². The van der Waals surface area contributed by atoms with Crippen LogP contribution < -0.4 is 5.32 Å². The fourth-order valence-corrected chi connectivity index (χ4v) is 5.00. The molecule has 3 saturated carbocycles. The van der Waals surface area contributed by atoms with Crippen LogP contribution in [0.3, 0.4) is 0 Å². The molecule has 0 bridgehead atoms. The highest BCUT2D eigenvalue weighted by atomic mass is 19.1. The fourth-order valence-electron chi connectivity index (χ4n) is 5.00. The van der Waals surface area contributed by atoms with Gasteiger partial charge in [0.15, 0.2) is 5.82 Å². The van der Waals surface area contributed by atoms with Crippen LogP contribution >= 0.6 is 0 Å². The molecule has 3 fully saturated rings. The second-order valence-electron chi connectivity index (χ2n) is 9.42. The van der Waals surface area contributed by atoms with E-state index in [1.54, 1.807) is 6.07 Å². The number of phenols is 1. The van der Waals surface area contributed by atoms with Crippen molar-refractivity contribution in [1.29, 1.82) is 0 Å². The van der Waals surface area contributed by atoms with E-state index < -0.39 is 6.10 Å². The normalized spacial score (nSPS) is 26.6. The molecule has 1 spiro atoms. The number of rotatable bonds is 4. The number of benzene rings is 1. The second kappa shape index (κ2) is 6.62. The first-order valence-electron chi connectivity index (χ1n) is 11.0. The molecule has 0 radical (unpaired) electrons. The summed E-state index contributed by atoms with van der Waals surface area (Å²) in [7, 11) is 0. The maximum atomic E-state index is 14.8. The summed E-state index contributed by atoms with van der Waals surface area (Å²) in [6.07, 6.45) is 6.88. The van der Waals surface area contributed by atoms with Crippen molar-refractivity contribution >= 4 is 5.82 Å². The number of hydrogen-bond acceptors (Lipinski definition) is 6.